The second-order valence-corrected chi connectivity index (χ2v) is 6.53. The minimum atomic E-state index is 0.139. The van der Waals surface area contributed by atoms with Crippen LogP contribution in [0.2, 0.25) is 0 Å². The highest BCUT2D eigenvalue weighted by Crippen LogP contribution is 2.39. The molecule has 1 nitrogen and oxygen atoms in total. The third-order valence-electron chi connectivity index (χ3n) is 5.09. The molecule has 25 heavy (non-hydrogen) atoms. The maximum atomic E-state index is 13.1. The van der Waals surface area contributed by atoms with Crippen LogP contribution in [0.25, 0.3) is 21.9 Å². The van der Waals surface area contributed by atoms with E-state index in [1.165, 1.54) is 16.5 Å². The SMILES string of the molecule is O=C1c2ccccc2Cc2c1cc1ccccc1c2-c1ccccc1. The zero-order valence-electron chi connectivity index (χ0n) is 13.7. The van der Waals surface area contributed by atoms with Gasteiger partial charge >= 0.3 is 0 Å². The minimum absolute atomic E-state index is 0.139. The molecule has 0 saturated heterocycles. The molecule has 1 aliphatic carbocycles. The summed E-state index contributed by atoms with van der Waals surface area (Å²) in [6, 6.07) is 28.8. The smallest absolute Gasteiger partial charge is 0.193 e. The van der Waals surface area contributed by atoms with E-state index in [1.54, 1.807) is 0 Å². The molecule has 118 valence electrons. The van der Waals surface area contributed by atoms with Crippen LogP contribution in [0.5, 0.6) is 0 Å². The van der Waals surface area contributed by atoms with Crippen LogP contribution < -0.4 is 0 Å². The molecule has 1 heteroatoms. The van der Waals surface area contributed by atoms with Gasteiger partial charge in [-0.25, -0.2) is 0 Å². The largest absolute Gasteiger partial charge is 0.289 e. The number of hydrogen-bond acceptors (Lipinski definition) is 1. The maximum Gasteiger partial charge on any atom is 0.193 e. The van der Waals surface area contributed by atoms with Crippen LogP contribution in [-0.2, 0) is 6.42 Å². The van der Waals surface area contributed by atoms with Gasteiger partial charge in [-0.05, 0) is 45.5 Å². The van der Waals surface area contributed by atoms with Gasteiger partial charge in [-0.2, -0.15) is 0 Å². The van der Waals surface area contributed by atoms with Gasteiger partial charge in [0.15, 0.2) is 5.78 Å². The number of hydrogen-bond donors (Lipinski definition) is 0. The van der Waals surface area contributed by atoms with E-state index in [2.05, 4.69) is 54.6 Å². The molecule has 1 aliphatic rings. The van der Waals surface area contributed by atoms with Crippen molar-refractivity contribution in [2.24, 2.45) is 0 Å². The Balaban J connectivity index is 1.89. The standard InChI is InChI=1S/C24H16O/c25-24-20-13-7-5-11-18(20)14-21-22(24)15-17-10-4-6-12-19(17)23(21)16-8-2-1-3-9-16/h1-13,15H,14H2. The van der Waals surface area contributed by atoms with Gasteiger partial charge in [0.1, 0.15) is 0 Å². The van der Waals surface area contributed by atoms with Crippen LogP contribution in [0.4, 0.5) is 0 Å². The lowest BCUT2D eigenvalue weighted by Crippen LogP contribution is -2.16. The topological polar surface area (TPSA) is 17.1 Å². The molecule has 0 aromatic heterocycles. The molecule has 5 rings (SSSR count). The summed E-state index contributed by atoms with van der Waals surface area (Å²) in [6.07, 6.45) is 0.798. The highest BCUT2D eigenvalue weighted by molar-refractivity contribution is 6.16. The van der Waals surface area contributed by atoms with E-state index in [-0.39, 0.29) is 5.78 Å². The number of carbonyl (C=O) groups is 1. The number of benzene rings is 4. The average Bonchev–Trinajstić information content (AvgIpc) is 2.67. The Morgan fingerprint density at radius 2 is 1.40 bits per heavy atom. The van der Waals surface area contributed by atoms with Crippen molar-refractivity contribution in [3.8, 4) is 11.1 Å². The van der Waals surface area contributed by atoms with Gasteiger partial charge in [0.2, 0.25) is 0 Å². The van der Waals surface area contributed by atoms with Crippen molar-refractivity contribution in [1.29, 1.82) is 0 Å². The Kier molecular flexibility index (Phi) is 3.07. The lowest BCUT2D eigenvalue weighted by atomic mass is 9.79. The van der Waals surface area contributed by atoms with Crippen molar-refractivity contribution in [2.75, 3.05) is 0 Å². The van der Waals surface area contributed by atoms with Crippen LogP contribution in [0.1, 0.15) is 27.0 Å². The predicted octanol–water partition coefficient (Wildman–Crippen LogP) is 5.64. The van der Waals surface area contributed by atoms with Gasteiger partial charge in [-0.1, -0.05) is 78.9 Å². The quantitative estimate of drug-likeness (QED) is 0.390. The summed E-state index contributed by atoms with van der Waals surface area (Å²) in [5.41, 5.74) is 6.31. The van der Waals surface area contributed by atoms with E-state index in [4.69, 9.17) is 0 Å². The highest BCUT2D eigenvalue weighted by atomic mass is 16.1. The molecule has 0 spiro atoms. The lowest BCUT2D eigenvalue weighted by Gasteiger charge is -2.23. The number of rotatable bonds is 1. The van der Waals surface area contributed by atoms with Crippen molar-refractivity contribution < 1.29 is 4.79 Å². The zero-order valence-corrected chi connectivity index (χ0v) is 13.7. The van der Waals surface area contributed by atoms with Crippen molar-refractivity contribution in [3.05, 3.63) is 107 Å². The van der Waals surface area contributed by atoms with Crippen molar-refractivity contribution in [1.82, 2.24) is 0 Å². The molecular formula is C24H16O. The predicted molar refractivity (Wildman–Crippen MR) is 102 cm³/mol. The number of ketones is 1. The second kappa shape index (κ2) is 5.42. The van der Waals surface area contributed by atoms with Crippen LogP contribution >= 0.6 is 0 Å². The third kappa shape index (κ3) is 2.13. The molecule has 0 amide bonds. The molecule has 0 bridgehead atoms. The van der Waals surface area contributed by atoms with Gasteiger partial charge in [-0.15, -0.1) is 0 Å². The summed E-state index contributed by atoms with van der Waals surface area (Å²) in [6.45, 7) is 0. The fourth-order valence-corrected chi connectivity index (χ4v) is 3.94. The van der Waals surface area contributed by atoms with E-state index < -0.39 is 0 Å². The monoisotopic (exact) mass is 320 g/mol. The molecule has 4 aromatic rings. The first-order chi connectivity index (χ1) is 12.3. The van der Waals surface area contributed by atoms with Crippen molar-refractivity contribution >= 4 is 16.6 Å². The minimum Gasteiger partial charge on any atom is -0.289 e. The average molecular weight is 320 g/mol. The summed E-state index contributed by atoms with van der Waals surface area (Å²) < 4.78 is 0. The van der Waals surface area contributed by atoms with Gasteiger partial charge in [-0.3, -0.25) is 4.79 Å². The van der Waals surface area contributed by atoms with Crippen LogP contribution in [0, 0.1) is 0 Å². The number of carbonyl (C=O) groups excluding carboxylic acids is 1. The van der Waals surface area contributed by atoms with E-state index in [0.29, 0.717) is 0 Å². The second-order valence-electron chi connectivity index (χ2n) is 6.53. The van der Waals surface area contributed by atoms with E-state index in [1.807, 2.05) is 30.3 Å². The van der Waals surface area contributed by atoms with Gasteiger partial charge < -0.3 is 0 Å². The molecule has 0 atom stereocenters. The van der Waals surface area contributed by atoms with E-state index >= 15 is 0 Å². The van der Waals surface area contributed by atoms with Crippen LogP contribution in [0.3, 0.4) is 0 Å². The fourth-order valence-electron chi connectivity index (χ4n) is 3.94. The maximum absolute atomic E-state index is 13.1. The third-order valence-corrected chi connectivity index (χ3v) is 5.09. The molecular weight excluding hydrogens is 304 g/mol. The van der Waals surface area contributed by atoms with Crippen molar-refractivity contribution in [3.63, 3.8) is 0 Å². The van der Waals surface area contributed by atoms with Gasteiger partial charge in [0, 0.05) is 11.1 Å². The van der Waals surface area contributed by atoms with Gasteiger partial charge in [0.25, 0.3) is 0 Å². The molecule has 0 heterocycles. The molecule has 0 aliphatic heterocycles. The molecule has 0 unspecified atom stereocenters. The lowest BCUT2D eigenvalue weighted by molar-refractivity contribution is 0.103. The Hall–Kier alpha value is -3.19. The summed E-state index contributed by atoms with van der Waals surface area (Å²) >= 11 is 0. The Morgan fingerprint density at radius 1 is 0.680 bits per heavy atom. The Labute approximate surface area is 146 Å². The fraction of sp³-hybridized carbons (Fsp3) is 0.0417. The van der Waals surface area contributed by atoms with E-state index in [0.717, 1.165) is 34.1 Å². The molecule has 0 N–H and O–H groups in total. The van der Waals surface area contributed by atoms with Crippen molar-refractivity contribution in [2.45, 2.75) is 6.42 Å². The van der Waals surface area contributed by atoms with Crippen LogP contribution in [-0.4, -0.2) is 5.78 Å². The molecule has 0 radical (unpaired) electrons. The molecule has 0 saturated carbocycles. The van der Waals surface area contributed by atoms with Gasteiger partial charge in [0.05, 0.1) is 0 Å². The zero-order chi connectivity index (χ0) is 16.8. The Morgan fingerprint density at radius 3 is 2.28 bits per heavy atom. The van der Waals surface area contributed by atoms with Crippen LogP contribution in [0.15, 0.2) is 84.9 Å². The highest BCUT2D eigenvalue weighted by Gasteiger charge is 2.26. The first kappa shape index (κ1) is 14.2. The first-order valence-electron chi connectivity index (χ1n) is 8.55. The molecule has 4 aromatic carbocycles. The summed E-state index contributed by atoms with van der Waals surface area (Å²) in [7, 11) is 0. The molecule has 0 fully saturated rings. The number of fused-ring (bicyclic) bond motifs is 3. The summed E-state index contributed by atoms with van der Waals surface area (Å²) in [5.74, 6) is 0.139. The normalized spacial score (nSPS) is 12.7. The Bertz CT molecular complexity index is 1120. The summed E-state index contributed by atoms with van der Waals surface area (Å²) in [5, 5.41) is 2.33. The summed E-state index contributed by atoms with van der Waals surface area (Å²) in [4.78, 5) is 13.1. The first-order valence-corrected chi connectivity index (χ1v) is 8.55. The van der Waals surface area contributed by atoms with E-state index in [9.17, 15) is 4.79 Å².